The van der Waals surface area contributed by atoms with Gasteiger partial charge >= 0.3 is 0 Å². The highest BCUT2D eigenvalue weighted by Crippen LogP contribution is 2.25. The molecule has 0 fully saturated rings. The summed E-state index contributed by atoms with van der Waals surface area (Å²) in [5, 5.41) is 2.75. The summed E-state index contributed by atoms with van der Waals surface area (Å²) in [5.74, 6) is 0.305. The molecule has 3 rings (SSSR count). The Kier molecular flexibility index (Phi) is 8.59. The molecule has 0 aliphatic rings. The monoisotopic (exact) mass is 592 g/mol. The second-order valence-corrected chi connectivity index (χ2v) is 11.9. The zero-order valence-electron chi connectivity index (χ0n) is 19.5. The molecule has 0 aromatic heterocycles. The number of carbonyl (C=O) groups excluding carboxylic acids is 1. The van der Waals surface area contributed by atoms with Crippen LogP contribution in [0.25, 0.3) is 0 Å². The highest BCUT2D eigenvalue weighted by molar-refractivity contribution is 14.1. The van der Waals surface area contributed by atoms with Crippen LogP contribution in [0.2, 0.25) is 0 Å². The molecule has 0 spiro atoms. The largest absolute Gasteiger partial charge is 0.492 e. The number of nitrogens with one attached hydrogen (secondary N) is 1. The molecule has 0 aliphatic heterocycles. The summed E-state index contributed by atoms with van der Waals surface area (Å²) in [6, 6.07) is 23.0. The van der Waals surface area contributed by atoms with Crippen LogP contribution in [0.5, 0.6) is 5.75 Å². The molecular weight excluding hydrogens is 563 g/mol. The first-order valence-corrected chi connectivity index (χ1v) is 13.4. The number of amides is 1. The van der Waals surface area contributed by atoms with E-state index in [2.05, 4.69) is 48.7 Å². The number of sulfonamides is 1. The predicted molar refractivity (Wildman–Crippen MR) is 144 cm³/mol. The number of hydrogen-bond acceptors (Lipinski definition) is 4. The van der Waals surface area contributed by atoms with Crippen molar-refractivity contribution in [2.24, 2.45) is 0 Å². The van der Waals surface area contributed by atoms with Crippen molar-refractivity contribution in [3.63, 3.8) is 0 Å². The molecule has 0 aliphatic carbocycles. The van der Waals surface area contributed by atoms with Gasteiger partial charge in [-0.05, 0) is 82.1 Å². The fourth-order valence-corrected chi connectivity index (χ4v) is 5.04. The summed E-state index contributed by atoms with van der Waals surface area (Å²) in [6.07, 6.45) is 0. The van der Waals surface area contributed by atoms with Crippen LogP contribution in [0.15, 0.2) is 83.8 Å². The SMILES string of the molecule is CC(C)(C)c1ccc(OCCNC(=O)CN(c2ccc(I)cc2)S(=O)(=O)c2ccccc2)cc1. The van der Waals surface area contributed by atoms with Gasteiger partial charge in [0, 0.05) is 3.57 Å². The van der Waals surface area contributed by atoms with E-state index in [1.807, 2.05) is 24.3 Å². The Morgan fingerprint density at radius 1 is 0.941 bits per heavy atom. The number of ether oxygens (including phenoxy) is 1. The van der Waals surface area contributed by atoms with Crippen molar-refractivity contribution in [3.8, 4) is 5.75 Å². The van der Waals surface area contributed by atoms with Crippen LogP contribution in [0, 0.1) is 3.57 Å². The topological polar surface area (TPSA) is 75.7 Å². The Labute approximate surface area is 215 Å². The van der Waals surface area contributed by atoms with E-state index < -0.39 is 15.9 Å². The molecule has 1 N–H and O–H groups in total. The van der Waals surface area contributed by atoms with Crippen molar-refractivity contribution in [3.05, 3.63) is 88.0 Å². The van der Waals surface area contributed by atoms with Gasteiger partial charge in [-0.25, -0.2) is 8.42 Å². The molecule has 0 unspecified atom stereocenters. The first-order valence-electron chi connectivity index (χ1n) is 10.9. The lowest BCUT2D eigenvalue weighted by Gasteiger charge is -2.24. The van der Waals surface area contributed by atoms with Crippen molar-refractivity contribution < 1.29 is 17.9 Å². The number of carbonyl (C=O) groups is 1. The van der Waals surface area contributed by atoms with Crippen LogP contribution in [0.4, 0.5) is 5.69 Å². The van der Waals surface area contributed by atoms with Gasteiger partial charge in [0.05, 0.1) is 17.1 Å². The maximum Gasteiger partial charge on any atom is 0.264 e. The molecule has 0 saturated carbocycles. The summed E-state index contributed by atoms with van der Waals surface area (Å²) in [7, 11) is -3.91. The lowest BCUT2D eigenvalue weighted by molar-refractivity contribution is -0.119. The van der Waals surface area contributed by atoms with Gasteiger partial charge in [-0.2, -0.15) is 0 Å². The molecule has 34 heavy (non-hydrogen) atoms. The van der Waals surface area contributed by atoms with E-state index >= 15 is 0 Å². The summed E-state index contributed by atoms with van der Waals surface area (Å²) in [5.41, 5.74) is 1.70. The molecule has 0 heterocycles. The Balaban J connectivity index is 1.63. The summed E-state index contributed by atoms with van der Waals surface area (Å²) >= 11 is 2.15. The van der Waals surface area contributed by atoms with E-state index in [0.29, 0.717) is 5.69 Å². The highest BCUT2D eigenvalue weighted by atomic mass is 127. The van der Waals surface area contributed by atoms with Gasteiger partial charge in [0.2, 0.25) is 5.91 Å². The van der Waals surface area contributed by atoms with Crippen LogP contribution in [-0.2, 0) is 20.2 Å². The zero-order valence-corrected chi connectivity index (χ0v) is 22.5. The minimum atomic E-state index is -3.91. The molecule has 0 atom stereocenters. The Hall–Kier alpha value is -2.59. The molecule has 0 bridgehead atoms. The molecule has 0 radical (unpaired) electrons. The van der Waals surface area contributed by atoms with Crippen molar-refractivity contribution >= 4 is 44.2 Å². The van der Waals surface area contributed by atoms with Gasteiger partial charge < -0.3 is 10.1 Å². The quantitative estimate of drug-likeness (QED) is 0.281. The van der Waals surface area contributed by atoms with Crippen molar-refractivity contribution in [1.82, 2.24) is 5.32 Å². The van der Waals surface area contributed by atoms with Crippen LogP contribution >= 0.6 is 22.6 Å². The Morgan fingerprint density at radius 2 is 1.56 bits per heavy atom. The van der Waals surface area contributed by atoms with Crippen molar-refractivity contribution in [2.45, 2.75) is 31.1 Å². The van der Waals surface area contributed by atoms with Gasteiger partial charge in [0.15, 0.2) is 0 Å². The highest BCUT2D eigenvalue weighted by Gasteiger charge is 2.27. The third kappa shape index (κ3) is 6.96. The molecule has 6 nitrogen and oxygen atoms in total. The van der Waals surface area contributed by atoms with E-state index in [9.17, 15) is 13.2 Å². The normalized spacial score (nSPS) is 11.6. The third-order valence-corrected chi connectivity index (χ3v) is 7.65. The lowest BCUT2D eigenvalue weighted by atomic mass is 9.87. The number of benzene rings is 3. The molecule has 3 aromatic carbocycles. The van der Waals surface area contributed by atoms with Gasteiger partial charge in [-0.1, -0.05) is 51.1 Å². The van der Waals surface area contributed by atoms with Gasteiger partial charge in [0.1, 0.15) is 18.9 Å². The third-order valence-electron chi connectivity index (χ3n) is 5.15. The van der Waals surface area contributed by atoms with Gasteiger partial charge in [-0.3, -0.25) is 9.10 Å². The minimum absolute atomic E-state index is 0.0650. The standard InChI is InChI=1S/C26H29IN2O4S/c1-26(2,3)20-9-15-23(16-10-20)33-18-17-28-25(30)19-29(22-13-11-21(27)12-14-22)34(31,32)24-7-5-4-6-8-24/h4-16H,17-19H2,1-3H3,(H,28,30). The number of halogens is 1. The first kappa shape index (κ1) is 26.0. The zero-order chi connectivity index (χ0) is 24.8. The minimum Gasteiger partial charge on any atom is -0.492 e. The Bertz CT molecular complexity index is 1190. The summed E-state index contributed by atoms with van der Waals surface area (Å²) < 4.78 is 34.4. The molecular formula is C26H29IN2O4S. The van der Waals surface area contributed by atoms with E-state index in [1.54, 1.807) is 42.5 Å². The van der Waals surface area contributed by atoms with Gasteiger partial charge in [0.25, 0.3) is 10.0 Å². The summed E-state index contributed by atoms with van der Waals surface area (Å²) in [6.45, 7) is 6.64. The van der Waals surface area contributed by atoms with E-state index in [4.69, 9.17) is 4.74 Å². The lowest BCUT2D eigenvalue weighted by Crippen LogP contribution is -2.41. The average molecular weight is 592 g/mol. The number of anilines is 1. The fourth-order valence-electron chi connectivity index (χ4n) is 3.24. The van der Waals surface area contributed by atoms with E-state index in [-0.39, 0.29) is 30.0 Å². The predicted octanol–water partition coefficient (Wildman–Crippen LogP) is 4.98. The molecule has 8 heteroatoms. The first-order chi connectivity index (χ1) is 16.1. The maximum absolute atomic E-state index is 13.3. The molecule has 0 saturated heterocycles. The number of hydrogen-bond donors (Lipinski definition) is 1. The fraction of sp³-hybridized carbons (Fsp3) is 0.269. The number of rotatable bonds is 9. The van der Waals surface area contributed by atoms with E-state index in [1.165, 1.54) is 17.7 Å². The smallest absolute Gasteiger partial charge is 0.264 e. The maximum atomic E-state index is 13.3. The van der Waals surface area contributed by atoms with Gasteiger partial charge in [-0.15, -0.1) is 0 Å². The molecule has 3 aromatic rings. The van der Waals surface area contributed by atoms with Crippen LogP contribution < -0.4 is 14.4 Å². The van der Waals surface area contributed by atoms with Crippen LogP contribution in [-0.4, -0.2) is 34.0 Å². The second kappa shape index (κ2) is 11.2. The Morgan fingerprint density at radius 3 is 2.15 bits per heavy atom. The molecule has 1 amide bonds. The molecule has 180 valence electrons. The van der Waals surface area contributed by atoms with Crippen molar-refractivity contribution in [1.29, 1.82) is 0 Å². The van der Waals surface area contributed by atoms with Crippen molar-refractivity contribution in [2.75, 3.05) is 24.0 Å². The summed E-state index contributed by atoms with van der Waals surface area (Å²) in [4.78, 5) is 12.8. The van der Waals surface area contributed by atoms with Crippen LogP contribution in [0.1, 0.15) is 26.3 Å². The number of nitrogens with zero attached hydrogens (tertiary/aromatic N) is 1. The van der Waals surface area contributed by atoms with Crippen LogP contribution in [0.3, 0.4) is 0 Å². The second-order valence-electron chi connectivity index (χ2n) is 8.77. The average Bonchev–Trinajstić information content (AvgIpc) is 2.81. The van der Waals surface area contributed by atoms with E-state index in [0.717, 1.165) is 13.6 Å².